The van der Waals surface area contributed by atoms with Crippen molar-refractivity contribution in [3.8, 4) is 11.6 Å². The molecule has 5 heteroatoms. The maximum Gasteiger partial charge on any atom is 0.417 e. The zero-order chi connectivity index (χ0) is 14.4. The molecule has 104 valence electrons. The van der Waals surface area contributed by atoms with Gasteiger partial charge in [-0.05, 0) is 32.0 Å². The van der Waals surface area contributed by atoms with E-state index in [2.05, 4.69) is 10.3 Å². The van der Waals surface area contributed by atoms with Gasteiger partial charge in [0.15, 0.2) is 0 Å². The molecule has 1 amide bonds. The van der Waals surface area contributed by atoms with Crippen molar-refractivity contribution in [3.05, 3.63) is 48.2 Å². The molecule has 1 N–H and O–H groups in total. The molecule has 0 saturated heterocycles. The SMILES string of the molecule is CCOc1ccc(NC(=O)Oc2ccccc2)c(C)n1. The van der Waals surface area contributed by atoms with E-state index in [1.54, 1.807) is 43.3 Å². The summed E-state index contributed by atoms with van der Waals surface area (Å²) in [6.45, 7) is 4.23. The largest absolute Gasteiger partial charge is 0.478 e. The number of rotatable bonds is 4. The van der Waals surface area contributed by atoms with Crippen LogP contribution in [0.15, 0.2) is 42.5 Å². The van der Waals surface area contributed by atoms with Crippen molar-refractivity contribution in [3.63, 3.8) is 0 Å². The molecule has 0 aliphatic heterocycles. The second-order valence-corrected chi connectivity index (χ2v) is 4.04. The summed E-state index contributed by atoms with van der Waals surface area (Å²) in [4.78, 5) is 16.0. The molecule has 0 bridgehead atoms. The topological polar surface area (TPSA) is 60.5 Å². The van der Waals surface area contributed by atoms with Gasteiger partial charge < -0.3 is 9.47 Å². The zero-order valence-electron chi connectivity index (χ0n) is 11.4. The van der Waals surface area contributed by atoms with Crippen LogP contribution in [0.4, 0.5) is 10.5 Å². The Morgan fingerprint density at radius 2 is 1.95 bits per heavy atom. The molecule has 2 aromatic rings. The zero-order valence-corrected chi connectivity index (χ0v) is 11.4. The molecule has 5 nitrogen and oxygen atoms in total. The van der Waals surface area contributed by atoms with E-state index in [1.807, 2.05) is 13.0 Å². The quantitative estimate of drug-likeness (QED) is 0.926. The van der Waals surface area contributed by atoms with Crippen molar-refractivity contribution in [1.29, 1.82) is 0 Å². The Morgan fingerprint density at radius 3 is 2.60 bits per heavy atom. The van der Waals surface area contributed by atoms with Crippen LogP contribution in [0.2, 0.25) is 0 Å². The lowest BCUT2D eigenvalue weighted by Crippen LogP contribution is -2.17. The van der Waals surface area contributed by atoms with E-state index >= 15 is 0 Å². The number of hydrogen-bond donors (Lipinski definition) is 1. The third-order valence-electron chi connectivity index (χ3n) is 2.54. The van der Waals surface area contributed by atoms with Crippen molar-refractivity contribution >= 4 is 11.8 Å². The number of nitrogens with one attached hydrogen (secondary N) is 1. The highest BCUT2D eigenvalue weighted by molar-refractivity contribution is 5.86. The highest BCUT2D eigenvalue weighted by Crippen LogP contribution is 2.18. The fourth-order valence-corrected chi connectivity index (χ4v) is 1.63. The van der Waals surface area contributed by atoms with E-state index in [4.69, 9.17) is 9.47 Å². The minimum atomic E-state index is -0.551. The van der Waals surface area contributed by atoms with Crippen molar-refractivity contribution in [2.24, 2.45) is 0 Å². The maximum absolute atomic E-state index is 11.8. The van der Waals surface area contributed by atoms with Crippen molar-refractivity contribution < 1.29 is 14.3 Å². The molecule has 0 radical (unpaired) electrons. The fourth-order valence-electron chi connectivity index (χ4n) is 1.63. The summed E-state index contributed by atoms with van der Waals surface area (Å²) < 4.78 is 10.4. The summed E-state index contributed by atoms with van der Waals surface area (Å²) >= 11 is 0. The van der Waals surface area contributed by atoms with E-state index in [-0.39, 0.29) is 0 Å². The third-order valence-corrected chi connectivity index (χ3v) is 2.54. The Hall–Kier alpha value is -2.56. The first-order valence-electron chi connectivity index (χ1n) is 6.33. The van der Waals surface area contributed by atoms with Crippen LogP contribution >= 0.6 is 0 Å². The van der Waals surface area contributed by atoms with Crippen LogP contribution in [-0.2, 0) is 0 Å². The molecular weight excluding hydrogens is 256 g/mol. The normalized spacial score (nSPS) is 9.90. The minimum absolute atomic E-state index is 0.488. The Balaban J connectivity index is 2.01. The second-order valence-electron chi connectivity index (χ2n) is 4.04. The predicted octanol–water partition coefficient (Wildman–Crippen LogP) is 3.40. The molecule has 0 spiro atoms. The Bertz CT molecular complexity index is 585. The first kappa shape index (κ1) is 13.9. The van der Waals surface area contributed by atoms with Gasteiger partial charge >= 0.3 is 6.09 Å². The molecule has 20 heavy (non-hydrogen) atoms. The summed E-state index contributed by atoms with van der Waals surface area (Å²) in [5.41, 5.74) is 1.26. The van der Waals surface area contributed by atoms with E-state index in [1.165, 1.54) is 0 Å². The minimum Gasteiger partial charge on any atom is -0.478 e. The van der Waals surface area contributed by atoms with Crippen LogP contribution in [0.1, 0.15) is 12.6 Å². The number of benzene rings is 1. The lowest BCUT2D eigenvalue weighted by molar-refractivity contribution is 0.215. The number of carbonyl (C=O) groups excluding carboxylic acids is 1. The Morgan fingerprint density at radius 1 is 1.20 bits per heavy atom. The molecule has 0 aliphatic rings. The average Bonchev–Trinajstić information content (AvgIpc) is 2.43. The lowest BCUT2D eigenvalue weighted by atomic mass is 10.3. The summed E-state index contributed by atoms with van der Waals surface area (Å²) in [5, 5.41) is 2.65. The van der Waals surface area contributed by atoms with E-state index < -0.39 is 6.09 Å². The number of pyridine rings is 1. The van der Waals surface area contributed by atoms with Gasteiger partial charge in [-0.25, -0.2) is 9.78 Å². The summed E-state index contributed by atoms with van der Waals surface area (Å²) in [6, 6.07) is 12.3. The molecule has 1 heterocycles. The van der Waals surface area contributed by atoms with E-state index in [0.29, 0.717) is 29.6 Å². The molecule has 0 saturated carbocycles. The molecule has 1 aromatic carbocycles. The van der Waals surface area contributed by atoms with Crippen LogP contribution in [-0.4, -0.2) is 17.7 Å². The van der Waals surface area contributed by atoms with Crippen molar-refractivity contribution in [2.75, 3.05) is 11.9 Å². The van der Waals surface area contributed by atoms with Gasteiger partial charge in [0.25, 0.3) is 0 Å². The van der Waals surface area contributed by atoms with Gasteiger partial charge in [-0.15, -0.1) is 0 Å². The number of aryl methyl sites for hydroxylation is 1. The van der Waals surface area contributed by atoms with Gasteiger partial charge in [-0.2, -0.15) is 0 Å². The third kappa shape index (κ3) is 3.71. The lowest BCUT2D eigenvalue weighted by Gasteiger charge is -2.10. The molecule has 1 aromatic heterocycles. The number of anilines is 1. The van der Waals surface area contributed by atoms with Gasteiger partial charge in [0.05, 0.1) is 18.0 Å². The van der Waals surface area contributed by atoms with Crippen LogP contribution in [0, 0.1) is 6.92 Å². The summed E-state index contributed by atoms with van der Waals surface area (Å²) in [6.07, 6.45) is -0.551. The van der Waals surface area contributed by atoms with Gasteiger partial charge in [0.1, 0.15) is 5.75 Å². The number of nitrogens with zero attached hydrogens (tertiary/aromatic N) is 1. The summed E-state index contributed by atoms with van der Waals surface area (Å²) in [5.74, 6) is 1.02. The standard InChI is InChI=1S/C15H16N2O3/c1-3-19-14-10-9-13(11(2)16-14)17-15(18)20-12-7-5-4-6-8-12/h4-10H,3H2,1-2H3,(H,17,18). The van der Waals surface area contributed by atoms with Crippen LogP contribution < -0.4 is 14.8 Å². The Labute approximate surface area is 117 Å². The number of carbonyl (C=O) groups is 1. The predicted molar refractivity (Wildman–Crippen MR) is 76.2 cm³/mol. The van der Waals surface area contributed by atoms with Gasteiger partial charge in [-0.3, -0.25) is 5.32 Å². The molecular formula is C15H16N2O3. The summed E-state index contributed by atoms with van der Waals surface area (Å²) in [7, 11) is 0. The van der Waals surface area contributed by atoms with Crippen LogP contribution in [0.3, 0.4) is 0 Å². The number of para-hydroxylation sites is 1. The number of ether oxygens (including phenoxy) is 2. The first-order valence-corrected chi connectivity index (χ1v) is 6.33. The molecule has 0 unspecified atom stereocenters. The molecule has 0 atom stereocenters. The molecule has 0 aliphatic carbocycles. The van der Waals surface area contributed by atoms with Gasteiger partial charge in [-0.1, -0.05) is 18.2 Å². The fraction of sp³-hybridized carbons (Fsp3) is 0.200. The second kappa shape index (κ2) is 6.56. The smallest absolute Gasteiger partial charge is 0.417 e. The molecule has 2 rings (SSSR count). The van der Waals surface area contributed by atoms with E-state index in [9.17, 15) is 4.79 Å². The Kier molecular flexibility index (Phi) is 4.55. The number of aromatic nitrogens is 1. The average molecular weight is 272 g/mol. The van der Waals surface area contributed by atoms with Crippen LogP contribution in [0.5, 0.6) is 11.6 Å². The number of amides is 1. The highest BCUT2D eigenvalue weighted by Gasteiger charge is 2.08. The van der Waals surface area contributed by atoms with Crippen molar-refractivity contribution in [1.82, 2.24) is 4.98 Å². The maximum atomic E-state index is 11.8. The van der Waals surface area contributed by atoms with Gasteiger partial charge in [0.2, 0.25) is 5.88 Å². The van der Waals surface area contributed by atoms with Gasteiger partial charge in [0, 0.05) is 6.07 Å². The monoisotopic (exact) mass is 272 g/mol. The molecule has 0 fully saturated rings. The highest BCUT2D eigenvalue weighted by atomic mass is 16.6. The van der Waals surface area contributed by atoms with Crippen molar-refractivity contribution in [2.45, 2.75) is 13.8 Å². The van der Waals surface area contributed by atoms with E-state index in [0.717, 1.165) is 0 Å². The first-order chi connectivity index (χ1) is 9.69. The van der Waals surface area contributed by atoms with Crippen LogP contribution in [0.25, 0.3) is 0 Å². The number of hydrogen-bond acceptors (Lipinski definition) is 4.